The fourth-order valence-corrected chi connectivity index (χ4v) is 2.73. The van der Waals surface area contributed by atoms with E-state index in [0.29, 0.717) is 11.0 Å². The fraction of sp³-hybridized carbons (Fsp3) is 0.333. The highest BCUT2D eigenvalue weighted by Crippen LogP contribution is 2.25. The topological polar surface area (TPSA) is 51.4 Å². The Morgan fingerprint density at radius 1 is 1.45 bits per heavy atom. The lowest BCUT2D eigenvalue weighted by Gasteiger charge is -2.25. The van der Waals surface area contributed by atoms with Crippen LogP contribution in [-0.2, 0) is 4.74 Å². The van der Waals surface area contributed by atoms with Gasteiger partial charge in [0.25, 0.3) is 0 Å². The first-order valence-corrected chi connectivity index (χ1v) is 7.08. The van der Waals surface area contributed by atoms with Crippen LogP contribution in [0.5, 0.6) is 0 Å². The number of hydrogen-bond acceptors (Lipinski definition) is 4. The van der Waals surface area contributed by atoms with E-state index in [1.54, 1.807) is 0 Å². The highest BCUT2D eigenvalue weighted by molar-refractivity contribution is 7.80. The van der Waals surface area contributed by atoms with Gasteiger partial charge in [-0.25, -0.2) is 4.98 Å². The Labute approximate surface area is 123 Å². The Balaban J connectivity index is 2.09. The van der Waals surface area contributed by atoms with Crippen LogP contribution in [-0.4, -0.2) is 36.3 Å². The van der Waals surface area contributed by atoms with Crippen molar-refractivity contribution in [1.29, 1.82) is 0 Å². The summed E-state index contributed by atoms with van der Waals surface area (Å²) < 4.78 is 5.44. The van der Waals surface area contributed by atoms with Gasteiger partial charge in [-0.2, -0.15) is 0 Å². The van der Waals surface area contributed by atoms with Crippen molar-refractivity contribution in [2.75, 3.05) is 25.2 Å². The van der Waals surface area contributed by atoms with Gasteiger partial charge in [0.1, 0.15) is 10.8 Å². The first-order chi connectivity index (χ1) is 9.66. The van der Waals surface area contributed by atoms with Crippen molar-refractivity contribution in [1.82, 2.24) is 4.98 Å². The quantitative estimate of drug-likeness (QED) is 0.876. The van der Waals surface area contributed by atoms with E-state index in [2.05, 4.69) is 4.90 Å². The number of hydrogen-bond donors (Lipinski definition) is 1. The third-order valence-electron chi connectivity index (χ3n) is 3.78. The first-order valence-electron chi connectivity index (χ1n) is 6.67. The second kappa shape index (κ2) is 5.34. The molecule has 0 bridgehead atoms. The van der Waals surface area contributed by atoms with Crippen LogP contribution in [0.3, 0.4) is 0 Å². The Bertz CT molecular complexity index is 653. The van der Waals surface area contributed by atoms with Crippen LogP contribution in [0.1, 0.15) is 12.0 Å². The smallest absolute Gasteiger partial charge is 0.130 e. The van der Waals surface area contributed by atoms with Crippen molar-refractivity contribution in [2.24, 2.45) is 5.73 Å². The third kappa shape index (κ3) is 2.34. The molecule has 1 aromatic heterocycles. The van der Waals surface area contributed by atoms with E-state index < -0.39 is 0 Å². The number of ether oxygens (including phenoxy) is 1. The van der Waals surface area contributed by atoms with Crippen molar-refractivity contribution in [3.63, 3.8) is 0 Å². The molecule has 104 valence electrons. The van der Waals surface area contributed by atoms with Gasteiger partial charge in [0.15, 0.2) is 0 Å². The van der Waals surface area contributed by atoms with Crippen LogP contribution in [0.25, 0.3) is 10.9 Å². The summed E-state index contributed by atoms with van der Waals surface area (Å²) in [5.74, 6) is 0.891. The molecule has 2 aromatic rings. The van der Waals surface area contributed by atoms with Gasteiger partial charge >= 0.3 is 0 Å². The van der Waals surface area contributed by atoms with E-state index in [-0.39, 0.29) is 0 Å². The van der Waals surface area contributed by atoms with Crippen molar-refractivity contribution < 1.29 is 4.74 Å². The lowest BCUT2D eigenvalue weighted by molar-refractivity contribution is 0.193. The lowest BCUT2D eigenvalue weighted by atomic mass is 10.1. The Morgan fingerprint density at radius 3 is 2.95 bits per heavy atom. The minimum atomic E-state index is 0.364. The molecule has 4 nitrogen and oxygen atoms in total. The van der Waals surface area contributed by atoms with Gasteiger partial charge < -0.3 is 15.4 Å². The summed E-state index contributed by atoms with van der Waals surface area (Å²) in [4.78, 5) is 7.28. The molecule has 0 saturated carbocycles. The van der Waals surface area contributed by atoms with Crippen LogP contribution in [0.4, 0.5) is 5.82 Å². The second-order valence-corrected chi connectivity index (χ2v) is 5.48. The van der Waals surface area contributed by atoms with Gasteiger partial charge in [-0.15, -0.1) is 0 Å². The van der Waals surface area contributed by atoms with Crippen LogP contribution < -0.4 is 10.6 Å². The zero-order chi connectivity index (χ0) is 14.1. The molecule has 1 fully saturated rings. The minimum absolute atomic E-state index is 0.364. The highest BCUT2D eigenvalue weighted by Gasteiger charge is 2.22. The number of anilines is 1. The van der Waals surface area contributed by atoms with Crippen molar-refractivity contribution in [3.8, 4) is 0 Å². The number of nitrogens with two attached hydrogens (primary N) is 1. The van der Waals surface area contributed by atoms with E-state index in [4.69, 9.17) is 27.7 Å². The number of benzene rings is 1. The zero-order valence-electron chi connectivity index (χ0n) is 11.4. The molecule has 0 aliphatic carbocycles. The predicted octanol–water partition coefficient (Wildman–Crippen LogP) is 2.09. The number of nitrogens with zero attached hydrogens (tertiary/aromatic N) is 2. The lowest BCUT2D eigenvalue weighted by Crippen LogP contribution is -2.32. The summed E-state index contributed by atoms with van der Waals surface area (Å²) in [7, 11) is 2.04. The van der Waals surface area contributed by atoms with Crippen LogP contribution in [0.2, 0.25) is 0 Å². The molecule has 3 rings (SSSR count). The average Bonchev–Trinajstić information content (AvgIpc) is 2.99. The third-order valence-corrected chi connectivity index (χ3v) is 4.00. The van der Waals surface area contributed by atoms with Crippen LogP contribution in [0, 0.1) is 0 Å². The normalized spacial score (nSPS) is 18.4. The number of thiocarbonyl (C=S) groups is 1. The molecule has 1 aliphatic rings. The molecule has 0 spiro atoms. The number of fused-ring (bicyclic) bond motifs is 1. The summed E-state index contributed by atoms with van der Waals surface area (Å²) in [6, 6.07) is 10.3. The molecule has 1 aromatic carbocycles. The molecular formula is C15H17N3OS. The Hall–Kier alpha value is -1.72. The summed E-state index contributed by atoms with van der Waals surface area (Å²) in [5, 5.41) is 1.000. The van der Waals surface area contributed by atoms with E-state index in [1.165, 1.54) is 0 Å². The second-order valence-electron chi connectivity index (χ2n) is 5.04. The van der Waals surface area contributed by atoms with Gasteiger partial charge in [-0.1, -0.05) is 30.4 Å². The van der Waals surface area contributed by atoms with Gasteiger partial charge in [-0.05, 0) is 18.6 Å². The number of pyridine rings is 1. The van der Waals surface area contributed by atoms with Crippen molar-refractivity contribution >= 4 is 33.9 Å². The molecule has 5 heteroatoms. The summed E-state index contributed by atoms with van der Waals surface area (Å²) in [6.07, 6.45) is 1.02. The van der Waals surface area contributed by atoms with Gasteiger partial charge in [-0.3, -0.25) is 0 Å². The maximum absolute atomic E-state index is 5.86. The molecule has 2 N–H and O–H groups in total. The molecule has 0 amide bonds. The minimum Gasteiger partial charge on any atom is -0.389 e. The molecule has 20 heavy (non-hydrogen) atoms. The largest absolute Gasteiger partial charge is 0.389 e. The molecular weight excluding hydrogens is 270 g/mol. The van der Waals surface area contributed by atoms with Crippen LogP contribution >= 0.6 is 12.2 Å². The average molecular weight is 287 g/mol. The number of para-hydroxylation sites is 1. The van der Waals surface area contributed by atoms with E-state index in [9.17, 15) is 0 Å². The van der Waals surface area contributed by atoms with Gasteiger partial charge in [0.05, 0.1) is 18.2 Å². The van der Waals surface area contributed by atoms with Crippen LogP contribution in [0.15, 0.2) is 30.3 Å². The van der Waals surface area contributed by atoms with E-state index in [0.717, 1.165) is 41.9 Å². The standard InChI is InChI=1S/C15H17N3OS/c1-18(10-6-7-19-9-10)14-8-12(15(16)20)11-4-2-3-5-13(11)17-14/h2-5,8,10H,6-7,9H2,1H3,(H2,16,20). The molecule has 1 aliphatic heterocycles. The van der Waals surface area contributed by atoms with E-state index >= 15 is 0 Å². The number of aromatic nitrogens is 1. The maximum Gasteiger partial charge on any atom is 0.130 e. The summed E-state index contributed by atoms with van der Waals surface area (Å²) in [6.45, 7) is 1.55. The molecule has 2 heterocycles. The number of rotatable bonds is 3. The molecule has 1 unspecified atom stereocenters. The summed E-state index contributed by atoms with van der Waals surface area (Å²) >= 11 is 5.18. The predicted molar refractivity (Wildman–Crippen MR) is 85.3 cm³/mol. The Kier molecular flexibility index (Phi) is 3.54. The number of likely N-dealkylation sites (N-methyl/N-ethyl adjacent to an activating group) is 1. The highest BCUT2D eigenvalue weighted by atomic mass is 32.1. The molecule has 1 atom stereocenters. The Morgan fingerprint density at radius 2 is 2.25 bits per heavy atom. The van der Waals surface area contributed by atoms with Crippen molar-refractivity contribution in [3.05, 3.63) is 35.9 Å². The zero-order valence-corrected chi connectivity index (χ0v) is 12.2. The maximum atomic E-state index is 5.86. The van der Waals surface area contributed by atoms with Gasteiger partial charge in [0.2, 0.25) is 0 Å². The van der Waals surface area contributed by atoms with Gasteiger partial charge in [0, 0.05) is 24.6 Å². The van der Waals surface area contributed by atoms with E-state index in [1.807, 2.05) is 37.4 Å². The molecule has 0 radical (unpaired) electrons. The van der Waals surface area contributed by atoms with Crippen molar-refractivity contribution in [2.45, 2.75) is 12.5 Å². The SMILES string of the molecule is CN(c1cc(C(N)=S)c2ccccc2n1)C1CCOC1. The summed E-state index contributed by atoms with van der Waals surface area (Å²) in [5.41, 5.74) is 7.66. The monoisotopic (exact) mass is 287 g/mol. The first kappa shape index (κ1) is 13.3. The fourth-order valence-electron chi connectivity index (χ4n) is 2.56. The molecule has 1 saturated heterocycles.